The zero-order valence-corrected chi connectivity index (χ0v) is 11.0. The van der Waals surface area contributed by atoms with Crippen LogP contribution in [0.1, 0.15) is 44.2 Å². The maximum atomic E-state index is 11.6. The van der Waals surface area contributed by atoms with Gasteiger partial charge in [-0.2, -0.15) is 0 Å². The Morgan fingerprint density at radius 3 is 3.06 bits per heavy atom. The largest absolute Gasteiger partial charge is 0.308 e. The van der Waals surface area contributed by atoms with Crippen LogP contribution in [-0.4, -0.2) is 22.6 Å². The lowest BCUT2D eigenvalue weighted by Gasteiger charge is -2.04. The third-order valence-electron chi connectivity index (χ3n) is 2.64. The van der Waals surface area contributed by atoms with Gasteiger partial charge in [-0.25, -0.2) is 0 Å². The van der Waals surface area contributed by atoms with E-state index in [-0.39, 0.29) is 5.91 Å². The summed E-state index contributed by atoms with van der Waals surface area (Å²) in [4.78, 5) is 11.6. The molecule has 94 valence electrons. The predicted molar refractivity (Wildman–Crippen MR) is 68.0 cm³/mol. The summed E-state index contributed by atoms with van der Waals surface area (Å²) in [6.45, 7) is 5.08. The highest BCUT2D eigenvalue weighted by molar-refractivity contribution is 7.15. The van der Waals surface area contributed by atoms with E-state index in [1.165, 1.54) is 17.8 Å². The van der Waals surface area contributed by atoms with Crippen LogP contribution in [0.3, 0.4) is 0 Å². The van der Waals surface area contributed by atoms with Gasteiger partial charge < -0.3 is 10.6 Å². The van der Waals surface area contributed by atoms with Gasteiger partial charge in [0.25, 0.3) is 0 Å². The van der Waals surface area contributed by atoms with Crippen LogP contribution in [0.2, 0.25) is 0 Å². The highest BCUT2D eigenvalue weighted by atomic mass is 32.1. The lowest BCUT2D eigenvalue weighted by Crippen LogP contribution is -2.13. The normalized spacial score (nSPS) is 19.8. The van der Waals surface area contributed by atoms with E-state index < -0.39 is 0 Å². The van der Waals surface area contributed by atoms with Gasteiger partial charge >= 0.3 is 0 Å². The van der Waals surface area contributed by atoms with E-state index in [0.717, 1.165) is 18.0 Å². The Hall–Kier alpha value is -1.01. The van der Waals surface area contributed by atoms with Gasteiger partial charge in [-0.3, -0.25) is 4.79 Å². The molecule has 0 aromatic carbocycles. The number of rotatable bonds is 4. The minimum atomic E-state index is 0.0158. The Balaban J connectivity index is 1.91. The SMILES string of the molecule is CC(C)CC(=O)Nc1nnc(C2CCCN2)s1. The number of carbonyl (C=O) groups is 1. The molecule has 1 aromatic rings. The fourth-order valence-electron chi connectivity index (χ4n) is 1.86. The molecule has 1 aliphatic heterocycles. The molecule has 0 spiro atoms. The predicted octanol–water partition coefficient (Wildman–Crippen LogP) is 1.95. The zero-order valence-electron chi connectivity index (χ0n) is 10.2. The van der Waals surface area contributed by atoms with Crippen molar-refractivity contribution in [1.82, 2.24) is 15.5 Å². The fraction of sp³-hybridized carbons (Fsp3) is 0.727. The number of hydrogen-bond acceptors (Lipinski definition) is 5. The molecule has 0 aliphatic carbocycles. The molecule has 1 unspecified atom stereocenters. The standard InChI is InChI=1S/C11H18N4OS/c1-7(2)6-9(16)13-11-15-14-10(17-11)8-4-3-5-12-8/h7-8,12H,3-6H2,1-2H3,(H,13,15,16). The second-order valence-corrected chi connectivity index (χ2v) is 5.75. The van der Waals surface area contributed by atoms with Crippen LogP contribution >= 0.6 is 11.3 Å². The quantitative estimate of drug-likeness (QED) is 0.861. The lowest BCUT2D eigenvalue weighted by molar-refractivity contribution is -0.116. The van der Waals surface area contributed by atoms with Crippen LogP contribution in [0.15, 0.2) is 0 Å². The number of nitrogens with one attached hydrogen (secondary N) is 2. The van der Waals surface area contributed by atoms with Crippen molar-refractivity contribution in [3.63, 3.8) is 0 Å². The van der Waals surface area contributed by atoms with Gasteiger partial charge in [0, 0.05) is 6.42 Å². The highest BCUT2D eigenvalue weighted by Crippen LogP contribution is 2.27. The minimum absolute atomic E-state index is 0.0158. The summed E-state index contributed by atoms with van der Waals surface area (Å²) in [6, 6.07) is 0.322. The van der Waals surface area contributed by atoms with Gasteiger partial charge in [0.05, 0.1) is 6.04 Å². The first-order valence-electron chi connectivity index (χ1n) is 6.02. The smallest absolute Gasteiger partial charge is 0.226 e. The molecule has 0 bridgehead atoms. The molecule has 1 atom stereocenters. The fourth-order valence-corrected chi connectivity index (χ4v) is 2.73. The third kappa shape index (κ3) is 3.47. The van der Waals surface area contributed by atoms with Gasteiger partial charge in [-0.15, -0.1) is 10.2 Å². The Morgan fingerprint density at radius 1 is 1.59 bits per heavy atom. The monoisotopic (exact) mass is 254 g/mol. The summed E-state index contributed by atoms with van der Waals surface area (Å²) in [5.41, 5.74) is 0. The molecule has 1 aliphatic rings. The van der Waals surface area contributed by atoms with Crippen LogP contribution in [0, 0.1) is 5.92 Å². The van der Waals surface area contributed by atoms with E-state index in [0.29, 0.717) is 23.5 Å². The summed E-state index contributed by atoms with van der Waals surface area (Å²) < 4.78 is 0. The van der Waals surface area contributed by atoms with Crippen LogP contribution in [0.25, 0.3) is 0 Å². The molecular formula is C11H18N4OS. The second kappa shape index (κ2) is 5.55. The lowest BCUT2D eigenvalue weighted by atomic mass is 10.1. The molecule has 17 heavy (non-hydrogen) atoms. The van der Waals surface area contributed by atoms with E-state index >= 15 is 0 Å². The third-order valence-corrected chi connectivity index (χ3v) is 3.59. The van der Waals surface area contributed by atoms with Crippen molar-refractivity contribution in [1.29, 1.82) is 0 Å². The first-order chi connectivity index (χ1) is 8.15. The molecule has 2 heterocycles. The number of hydrogen-bond donors (Lipinski definition) is 2. The number of carbonyl (C=O) groups excluding carboxylic acids is 1. The number of nitrogens with zero attached hydrogens (tertiary/aromatic N) is 2. The molecule has 1 fully saturated rings. The van der Waals surface area contributed by atoms with Gasteiger partial charge in [0.1, 0.15) is 5.01 Å². The van der Waals surface area contributed by atoms with Gasteiger partial charge in [0.15, 0.2) is 0 Å². The zero-order chi connectivity index (χ0) is 12.3. The van der Waals surface area contributed by atoms with Crippen molar-refractivity contribution in [2.75, 3.05) is 11.9 Å². The Labute approximate surface area is 105 Å². The van der Waals surface area contributed by atoms with Crippen LogP contribution < -0.4 is 10.6 Å². The van der Waals surface area contributed by atoms with Crippen molar-refractivity contribution in [2.24, 2.45) is 5.92 Å². The number of amides is 1. The molecule has 1 saturated heterocycles. The Morgan fingerprint density at radius 2 is 2.41 bits per heavy atom. The van der Waals surface area contributed by atoms with E-state index in [4.69, 9.17) is 0 Å². The Kier molecular flexibility index (Phi) is 4.06. The summed E-state index contributed by atoms with van der Waals surface area (Å²) in [5.74, 6) is 0.376. The van der Waals surface area contributed by atoms with Crippen LogP contribution in [0.5, 0.6) is 0 Å². The topological polar surface area (TPSA) is 66.9 Å². The number of anilines is 1. The van der Waals surface area contributed by atoms with E-state index in [1.807, 2.05) is 13.8 Å². The minimum Gasteiger partial charge on any atom is -0.308 e. The average molecular weight is 254 g/mol. The molecular weight excluding hydrogens is 236 g/mol. The number of aromatic nitrogens is 2. The van der Waals surface area contributed by atoms with E-state index in [2.05, 4.69) is 20.8 Å². The second-order valence-electron chi connectivity index (χ2n) is 4.74. The van der Waals surface area contributed by atoms with Crippen molar-refractivity contribution in [2.45, 2.75) is 39.2 Å². The van der Waals surface area contributed by atoms with E-state index in [9.17, 15) is 4.79 Å². The first-order valence-corrected chi connectivity index (χ1v) is 6.83. The summed E-state index contributed by atoms with van der Waals surface area (Å²) in [6.07, 6.45) is 2.81. The molecule has 2 rings (SSSR count). The van der Waals surface area contributed by atoms with Crippen molar-refractivity contribution < 1.29 is 4.79 Å². The maximum Gasteiger partial charge on any atom is 0.226 e. The molecule has 0 saturated carbocycles. The molecule has 2 N–H and O–H groups in total. The van der Waals surface area contributed by atoms with Crippen molar-refractivity contribution in [3.8, 4) is 0 Å². The molecule has 6 heteroatoms. The average Bonchev–Trinajstić information content (AvgIpc) is 2.84. The highest BCUT2D eigenvalue weighted by Gasteiger charge is 2.20. The maximum absolute atomic E-state index is 11.6. The first kappa shape index (κ1) is 12.4. The van der Waals surface area contributed by atoms with Crippen molar-refractivity contribution >= 4 is 22.4 Å². The van der Waals surface area contributed by atoms with E-state index in [1.54, 1.807) is 0 Å². The van der Waals surface area contributed by atoms with Gasteiger partial charge in [-0.05, 0) is 25.3 Å². The van der Waals surface area contributed by atoms with Gasteiger partial charge in [-0.1, -0.05) is 25.2 Å². The Bertz CT molecular complexity index is 385. The van der Waals surface area contributed by atoms with Gasteiger partial charge in [0.2, 0.25) is 11.0 Å². The summed E-state index contributed by atoms with van der Waals surface area (Å²) >= 11 is 1.47. The summed E-state index contributed by atoms with van der Waals surface area (Å²) in [5, 5.41) is 15.9. The van der Waals surface area contributed by atoms with Crippen LogP contribution in [-0.2, 0) is 4.79 Å². The van der Waals surface area contributed by atoms with Crippen LogP contribution in [0.4, 0.5) is 5.13 Å². The summed E-state index contributed by atoms with van der Waals surface area (Å²) in [7, 11) is 0. The molecule has 5 nitrogen and oxygen atoms in total. The van der Waals surface area contributed by atoms with Crippen molar-refractivity contribution in [3.05, 3.63) is 5.01 Å². The molecule has 1 amide bonds. The molecule has 1 aromatic heterocycles. The molecule has 0 radical (unpaired) electrons.